The zero-order chi connectivity index (χ0) is 11.9. The molecule has 3 aliphatic heterocycles. The molecule has 1 saturated heterocycles. The zero-order valence-corrected chi connectivity index (χ0v) is 10.1. The highest BCUT2D eigenvalue weighted by atomic mass is 16.7. The van der Waals surface area contributed by atoms with Gasteiger partial charge in [0.25, 0.3) is 0 Å². The quantitative estimate of drug-likeness (QED) is 0.805. The van der Waals surface area contributed by atoms with Crippen molar-refractivity contribution in [3.05, 3.63) is 23.8 Å². The van der Waals surface area contributed by atoms with Crippen molar-refractivity contribution in [1.82, 2.24) is 10.2 Å². The Morgan fingerprint density at radius 3 is 3.22 bits per heavy atom. The molecule has 0 aliphatic carbocycles. The van der Waals surface area contributed by atoms with Crippen LogP contribution in [0.25, 0.3) is 0 Å². The lowest BCUT2D eigenvalue weighted by Gasteiger charge is -2.32. The molecule has 18 heavy (non-hydrogen) atoms. The fraction of sp³-hybridized carbons (Fsp3) is 0.462. The van der Waals surface area contributed by atoms with Crippen molar-refractivity contribution in [2.75, 3.05) is 26.4 Å². The van der Waals surface area contributed by atoms with Gasteiger partial charge >= 0.3 is 0 Å². The smallest absolute Gasteiger partial charge is 0.231 e. The highest BCUT2D eigenvalue weighted by molar-refractivity contribution is 5.83. The summed E-state index contributed by atoms with van der Waals surface area (Å²) < 4.78 is 10.8. The number of ether oxygens (including phenoxy) is 2. The van der Waals surface area contributed by atoms with E-state index in [2.05, 4.69) is 27.3 Å². The van der Waals surface area contributed by atoms with Crippen LogP contribution in [0.4, 0.5) is 0 Å². The van der Waals surface area contributed by atoms with Crippen LogP contribution in [-0.2, 0) is 0 Å². The Morgan fingerprint density at radius 2 is 2.22 bits per heavy atom. The molecule has 1 atom stereocenters. The van der Waals surface area contributed by atoms with Crippen LogP contribution in [0.5, 0.6) is 11.5 Å². The van der Waals surface area contributed by atoms with Gasteiger partial charge in [-0.05, 0) is 24.1 Å². The lowest BCUT2D eigenvalue weighted by atomic mass is 10.0. The first-order valence-electron chi connectivity index (χ1n) is 6.36. The van der Waals surface area contributed by atoms with Crippen LogP contribution in [0.1, 0.15) is 18.0 Å². The third kappa shape index (κ3) is 1.43. The molecule has 5 heteroatoms. The Balaban J connectivity index is 1.68. The zero-order valence-electron chi connectivity index (χ0n) is 10.1. The molecular weight excluding hydrogens is 230 g/mol. The minimum atomic E-state index is 0.335. The van der Waals surface area contributed by atoms with Gasteiger partial charge in [-0.1, -0.05) is 6.07 Å². The molecule has 1 aromatic rings. The normalized spacial score (nSPS) is 24.6. The maximum absolute atomic E-state index is 5.45. The fourth-order valence-electron chi connectivity index (χ4n) is 2.86. The Hall–Kier alpha value is -1.91. The van der Waals surface area contributed by atoms with E-state index in [1.807, 2.05) is 6.07 Å². The number of nitrogens with zero attached hydrogens (tertiary/aromatic N) is 2. The second-order valence-electron chi connectivity index (χ2n) is 4.74. The molecule has 5 nitrogen and oxygen atoms in total. The minimum absolute atomic E-state index is 0.335. The van der Waals surface area contributed by atoms with E-state index < -0.39 is 0 Å². The van der Waals surface area contributed by atoms with Gasteiger partial charge in [0.1, 0.15) is 0 Å². The second kappa shape index (κ2) is 3.80. The summed E-state index contributed by atoms with van der Waals surface area (Å²) in [6, 6.07) is 6.65. The molecule has 0 amide bonds. The number of aliphatic imine (C=N–C) groups is 1. The highest BCUT2D eigenvalue weighted by Crippen LogP contribution is 2.37. The van der Waals surface area contributed by atoms with Crippen LogP contribution in [0.15, 0.2) is 23.2 Å². The number of fused-ring (bicyclic) bond motifs is 2. The topological polar surface area (TPSA) is 46.1 Å². The third-order valence-electron chi connectivity index (χ3n) is 3.73. The number of benzene rings is 1. The molecular formula is C13H15N3O2. The Morgan fingerprint density at radius 1 is 1.28 bits per heavy atom. The first-order chi connectivity index (χ1) is 8.92. The van der Waals surface area contributed by atoms with Gasteiger partial charge in [-0.2, -0.15) is 0 Å². The van der Waals surface area contributed by atoms with Gasteiger partial charge in [0.05, 0.1) is 6.04 Å². The van der Waals surface area contributed by atoms with E-state index in [4.69, 9.17) is 9.47 Å². The summed E-state index contributed by atoms with van der Waals surface area (Å²) in [5.41, 5.74) is 1.29. The van der Waals surface area contributed by atoms with Gasteiger partial charge in [-0.3, -0.25) is 4.99 Å². The molecule has 4 rings (SSSR count). The second-order valence-corrected chi connectivity index (χ2v) is 4.74. The van der Waals surface area contributed by atoms with Gasteiger partial charge < -0.3 is 19.7 Å². The molecule has 1 N–H and O–H groups in total. The molecule has 1 unspecified atom stereocenters. The van der Waals surface area contributed by atoms with E-state index in [0.717, 1.165) is 43.5 Å². The van der Waals surface area contributed by atoms with Crippen molar-refractivity contribution in [2.45, 2.75) is 12.5 Å². The van der Waals surface area contributed by atoms with E-state index in [1.165, 1.54) is 5.56 Å². The molecule has 1 aromatic carbocycles. The Kier molecular flexibility index (Phi) is 2.12. The van der Waals surface area contributed by atoms with Crippen molar-refractivity contribution in [1.29, 1.82) is 0 Å². The summed E-state index contributed by atoms with van der Waals surface area (Å²) in [5.74, 6) is 2.76. The average Bonchev–Trinajstić information content (AvgIpc) is 3.05. The number of hydrogen-bond donors (Lipinski definition) is 1. The molecule has 0 aromatic heterocycles. The van der Waals surface area contributed by atoms with E-state index in [9.17, 15) is 0 Å². The Bertz CT molecular complexity index is 515. The van der Waals surface area contributed by atoms with E-state index >= 15 is 0 Å². The van der Waals surface area contributed by atoms with Crippen molar-refractivity contribution in [3.63, 3.8) is 0 Å². The van der Waals surface area contributed by atoms with Crippen LogP contribution < -0.4 is 14.8 Å². The average molecular weight is 245 g/mol. The molecule has 0 saturated carbocycles. The van der Waals surface area contributed by atoms with Gasteiger partial charge in [0.2, 0.25) is 6.79 Å². The summed E-state index contributed by atoms with van der Waals surface area (Å²) in [6.07, 6.45) is 1.06. The number of guanidine groups is 1. The summed E-state index contributed by atoms with van der Waals surface area (Å²) in [7, 11) is 0. The van der Waals surface area contributed by atoms with Crippen molar-refractivity contribution in [3.8, 4) is 11.5 Å². The summed E-state index contributed by atoms with van der Waals surface area (Å²) in [6.45, 7) is 3.23. The fourth-order valence-corrected chi connectivity index (χ4v) is 2.86. The van der Waals surface area contributed by atoms with Crippen LogP contribution in [-0.4, -0.2) is 37.3 Å². The van der Waals surface area contributed by atoms with Crippen molar-refractivity contribution in [2.24, 2.45) is 4.99 Å². The minimum Gasteiger partial charge on any atom is -0.454 e. The number of nitrogens with one attached hydrogen (secondary N) is 1. The van der Waals surface area contributed by atoms with Crippen molar-refractivity contribution < 1.29 is 9.47 Å². The van der Waals surface area contributed by atoms with Gasteiger partial charge in [0, 0.05) is 19.6 Å². The number of hydrogen-bond acceptors (Lipinski definition) is 5. The standard InChI is InChI=1S/C13H15N3O2/c1-2-11-12(18-8-17-11)7-9(1)10-3-4-14-13-15-5-6-16(10)13/h1-2,7,10H,3-6,8H2,(H,14,15). The van der Waals surface area contributed by atoms with Crippen LogP contribution >= 0.6 is 0 Å². The summed E-state index contributed by atoms with van der Waals surface area (Å²) in [5, 5.41) is 3.33. The molecule has 0 spiro atoms. The molecule has 94 valence electrons. The van der Waals surface area contributed by atoms with E-state index in [-0.39, 0.29) is 0 Å². The predicted octanol–water partition coefficient (Wildman–Crippen LogP) is 1.12. The SMILES string of the molecule is c1cc2c(cc1C1CCN=C3NCCN31)OCO2. The van der Waals surface area contributed by atoms with Gasteiger partial charge in [0.15, 0.2) is 17.5 Å². The lowest BCUT2D eigenvalue weighted by molar-refractivity contribution is 0.174. The molecule has 0 bridgehead atoms. The largest absolute Gasteiger partial charge is 0.454 e. The highest BCUT2D eigenvalue weighted by Gasteiger charge is 2.30. The van der Waals surface area contributed by atoms with Gasteiger partial charge in [-0.15, -0.1) is 0 Å². The maximum atomic E-state index is 5.45. The predicted molar refractivity (Wildman–Crippen MR) is 66.9 cm³/mol. The molecule has 1 fully saturated rings. The monoisotopic (exact) mass is 245 g/mol. The van der Waals surface area contributed by atoms with Gasteiger partial charge in [-0.25, -0.2) is 0 Å². The van der Waals surface area contributed by atoms with E-state index in [0.29, 0.717) is 12.8 Å². The number of rotatable bonds is 1. The summed E-state index contributed by atoms with van der Waals surface area (Å²) >= 11 is 0. The van der Waals surface area contributed by atoms with Crippen LogP contribution in [0, 0.1) is 0 Å². The molecule has 0 radical (unpaired) electrons. The van der Waals surface area contributed by atoms with E-state index in [1.54, 1.807) is 0 Å². The molecule has 3 heterocycles. The lowest BCUT2D eigenvalue weighted by Crippen LogP contribution is -2.37. The Labute approximate surface area is 105 Å². The first kappa shape index (κ1) is 10.1. The first-order valence-corrected chi connectivity index (χ1v) is 6.36. The molecule has 3 aliphatic rings. The van der Waals surface area contributed by atoms with Crippen LogP contribution in [0.3, 0.4) is 0 Å². The van der Waals surface area contributed by atoms with Crippen LogP contribution in [0.2, 0.25) is 0 Å². The summed E-state index contributed by atoms with van der Waals surface area (Å²) in [4.78, 5) is 6.86. The maximum Gasteiger partial charge on any atom is 0.231 e. The third-order valence-corrected chi connectivity index (χ3v) is 3.73. The van der Waals surface area contributed by atoms with Crippen molar-refractivity contribution >= 4 is 5.96 Å².